The van der Waals surface area contributed by atoms with Crippen molar-refractivity contribution in [3.05, 3.63) is 143 Å². The summed E-state index contributed by atoms with van der Waals surface area (Å²) in [4.78, 5) is 32.6. The number of rotatable bonds is 13. The Hall–Kier alpha value is -7.76. The standard InChI is InChI=1S/C56H69N7O10/c1-8-59-36-53-70-28-30-72-54(73-31-29-71-53)37-60(9-2)48-20-15-40(5)33-51(48)68-25-23-62(22-24-67-50-32-39(4)14-19-47(50)59)49-21-16-42(34-52(49)69-27-26-66-7)63(58)35-46(57)43-17-18-45(56(65)61(10-3)38-64)55-41(6)12-11-13-44(43)55/h11-21,32-38H,8-10,22-31,57-58H2,1-7H3/b46-35-,53-36?,54-37?. The molecular formula is C56H69N7O10. The largest absolute Gasteiger partial charge is 0.490 e. The van der Waals surface area contributed by atoms with Gasteiger partial charge < -0.3 is 58.3 Å². The van der Waals surface area contributed by atoms with Gasteiger partial charge in [-0.2, -0.15) is 0 Å². The molecule has 5 aromatic carbocycles. The van der Waals surface area contributed by atoms with Crippen LogP contribution in [0, 0.1) is 20.8 Å². The van der Waals surface area contributed by atoms with Crippen LogP contribution in [-0.2, 0) is 28.5 Å². The fraction of sp³-hybridized carbons (Fsp3) is 0.357. The summed E-state index contributed by atoms with van der Waals surface area (Å²) in [5.74, 6) is 9.04. The van der Waals surface area contributed by atoms with Crippen molar-refractivity contribution in [3.8, 4) is 17.2 Å². The molecule has 4 N–H and O–H groups in total. The number of amides is 2. The number of imide groups is 1. The Bertz CT molecular complexity index is 2690. The molecule has 2 bridgehead atoms. The number of methoxy groups -OCH3 is 1. The molecule has 1 saturated heterocycles. The fourth-order valence-electron chi connectivity index (χ4n) is 8.56. The average Bonchev–Trinajstić information content (AvgIpc) is 3.39. The first-order valence-corrected chi connectivity index (χ1v) is 24.7. The second-order valence-electron chi connectivity index (χ2n) is 17.3. The first-order valence-electron chi connectivity index (χ1n) is 24.7. The van der Waals surface area contributed by atoms with E-state index in [4.69, 9.17) is 49.5 Å². The number of carbonyl (C=O) groups is 2. The number of hydrogen-bond acceptors (Lipinski definition) is 16. The van der Waals surface area contributed by atoms with Crippen molar-refractivity contribution >= 4 is 51.5 Å². The molecule has 0 unspecified atom stereocenters. The molecule has 2 amide bonds. The van der Waals surface area contributed by atoms with Gasteiger partial charge in [-0.3, -0.25) is 19.5 Å². The van der Waals surface area contributed by atoms with Crippen molar-refractivity contribution in [3.63, 3.8) is 0 Å². The highest BCUT2D eigenvalue weighted by atomic mass is 16.7. The molecule has 5 aromatic rings. The Morgan fingerprint density at radius 3 is 1.78 bits per heavy atom. The highest BCUT2D eigenvalue weighted by Crippen LogP contribution is 2.37. The van der Waals surface area contributed by atoms with E-state index in [-0.39, 0.29) is 45.5 Å². The van der Waals surface area contributed by atoms with E-state index in [9.17, 15) is 9.59 Å². The number of nitrogens with zero attached hydrogens (tertiary/aromatic N) is 5. The first-order chi connectivity index (χ1) is 35.5. The Morgan fingerprint density at radius 1 is 0.685 bits per heavy atom. The van der Waals surface area contributed by atoms with Crippen LogP contribution in [0.2, 0.25) is 0 Å². The Balaban J connectivity index is 1.26. The normalized spacial score (nSPS) is 14.9. The second kappa shape index (κ2) is 25.6. The third-order valence-electron chi connectivity index (χ3n) is 12.4. The minimum atomic E-state index is -0.386. The Morgan fingerprint density at radius 2 is 1.25 bits per heavy atom. The molecule has 0 saturated carbocycles. The molecule has 1 fully saturated rings. The van der Waals surface area contributed by atoms with Crippen LogP contribution in [0.3, 0.4) is 0 Å². The van der Waals surface area contributed by atoms with Crippen molar-refractivity contribution in [2.45, 2.75) is 41.5 Å². The number of aryl methyl sites for hydroxylation is 3. The van der Waals surface area contributed by atoms with E-state index < -0.39 is 0 Å². The number of hydrogen-bond donors (Lipinski definition) is 2. The minimum Gasteiger partial charge on any atom is -0.490 e. The molecule has 3 aliphatic heterocycles. The highest BCUT2D eigenvalue weighted by Gasteiger charge is 2.23. The predicted octanol–water partition coefficient (Wildman–Crippen LogP) is 8.35. The highest BCUT2D eigenvalue weighted by molar-refractivity contribution is 6.12. The van der Waals surface area contributed by atoms with E-state index in [0.29, 0.717) is 109 Å². The quantitative estimate of drug-likeness (QED) is 0.0378. The number of ether oxygens (including phenoxy) is 8. The van der Waals surface area contributed by atoms with Gasteiger partial charge in [-0.15, -0.1) is 0 Å². The van der Waals surface area contributed by atoms with Crippen molar-refractivity contribution < 1.29 is 47.5 Å². The predicted molar refractivity (Wildman–Crippen MR) is 286 cm³/mol. The summed E-state index contributed by atoms with van der Waals surface area (Å²) in [6.45, 7) is 16.3. The summed E-state index contributed by atoms with van der Waals surface area (Å²) in [6, 6.07) is 27.1. The molecule has 0 aromatic heterocycles. The van der Waals surface area contributed by atoms with Crippen LogP contribution < -0.4 is 45.5 Å². The lowest BCUT2D eigenvalue weighted by Gasteiger charge is -2.29. The number of hydrazine groups is 1. The first kappa shape index (κ1) is 53.0. The maximum absolute atomic E-state index is 13.5. The third kappa shape index (κ3) is 13.2. The average molecular weight is 1000 g/mol. The van der Waals surface area contributed by atoms with Crippen LogP contribution in [0.4, 0.5) is 22.7 Å². The van der Waals surface area contributed by atoms with E-state index in [0.717, 1.165) is 44.0 Å². The SMILES string of the molecule is CCN(C=O)C(=O)c1ccc(/C(N)=C/N(N)c2ccc(N3CCOc4cc(C)ccc4N(CC)C=C4OCCOC(=CN(CC)c5ccc(C)cc5OCC3)OCCO4)c(OCCOC)c2)c2cccc(C)c12. The number of fused-ring (bicyclic) bond motifs is 15. The molecule has 0 atom stereocenters. The summed E-state index contributed by atoms with van der Waals surface area (Å²) in [5.41, 5.74) is 14.3. The molecular weight excluding hydrogens is 931 g/mol. The lowest BCUT2D eigenvalue weighted by Crippen LogP contribution is -2.33. The van der Waals surface area contributed by atoms with Crippen LogP contribution >= 0.6 is 0 Å². The van der Waals surface area contributed by atoms with Crippen molar-refractivity contribution in [1.82, 2.24) is 4.90 Å². The Labute approximate surface area is 428 Å². The van der Waals surface area contributed by atoms with Gasteiger partial charge in [0.25, 0.3) is 17.8 Å². The van der Waals surface area contributed by atoms with Crippen LogP contribution in [-0.4, -0.2) is 110 Å². The number of carbonyl (C=O) groups excluding carboxylic acids is 2. The van der Waals surface area contributed by atoms with Crippen molar-refractivity contribution in [2.24, 2.45) is 11.6 Å². The topological polar surface area (TPSA) is 176 Å². The van der Waals surface area contributed by atoms with Gasteiger partial charge in [0, 0.05) is 50.1 Å². The molecule has 17 nitrogen and oxygen atoms in total. The zero-order chi connectivity index (χ0) is 51.9. The summed E-state index contributed by atoms with van der Waals surface area (Å²) in [5, 5.41) is 2.89. The van der Waals surface area contributed by atoms with Gasteiger partial charge in [-0.1, -0.05) is 36.4 Å². The zero-order valence-corrected chi connectivity index (χ0v) is 43.1. The summed E-state index contributed by atoms with van der Waals surface area (Å²) in [7, 11) is 1.62. The Kier molecular flexibility index (Phi) is 18.6. The lowest BCUT2D eigenvalue weighted by atomic mass is 9.94. The van der Waals surface area contributed by atoms with E-state index >= 15 is 0 Å². The molecule has 17 heteroatoms. The van der Waals surface area contributed by atoms with Gasteiger partial charge in [0.1, 0.15) is 63.5 Å². The van der Waals surface area contributed by atoms with Crippen LogP contribution in [0.15, 0.2) is 115 Å². The molecule has 3 aliphatic rings. The van der Waals surface area contributed by atoms with Crippen molar-refractivity contribution in [1.29, 1.82) is 0 Å². The summed E-state index contributed by atoms with van der Waals surface area (Å²) in [6.07, 6.45) is 5.87. The molecule has 0 spiro atoms. The molecule has 388 valence electrons. The number of benzene rings is 5. The van der Waals surface area contributed by atoms with Gasteiger partial charge in [-0.25, -0.2) is 5.84 Å². The molecule has 8 rings (SSSR count). The van der Waals surface area contributed by atoms with E-state index in [2.05, 4.69) is 18.7 Å². The van der Waals surface area contributed by atoms with Crippen LogP contribution in [0.1, 0.15) is 53.4 Å². The number of nitrogens with two attached hydrogens (primary N) is 2. The zero-order valence-electron chi connectivity index (χ0n) is 43.1. The fourth-order valence-corrected chi connectivity index (χ4v) is 8.56. The van der Waals surface area contributed by atoms with Gasteiger partial charge in [0.2, 0.25) is 6.41 Å². The lowest BCUT2D eigenvalue weighted by molar-refractivity contribution is -0.115. The van der Waals surface area contributed by atoms with E-state index in [1.165, 1.54) is 5.01 Å². The van der Waals surface area contributed by atoms with E-state index in [1.54, 1.807) is 32.4 Å². The molecule has 73 heavy (non-hydrogen) atoms. The van der Waals surface area contributed by atoms with Gasteiger partial charge >= 0.3 is 0 Å². The van der Waals surface area contributed by atoms with Gasteiger partial charge in [0.05, 0.1) is 60.5 Å². The van der Waals surface area contributed by atoms with Crippen LogP contribution in [0.5, 0.6) is 17.2 Å². The third-order valence-corrected chi connectivity index (χ3v) is 12.4. The maximum atomic E-state index is 13.5. The monoisotopic (exact) mass is 1000 g/mol. The van der Waals surface area contributed by atoms with E-state index in [1.807, 2.05) is 116 Å². The summed E-state index contributed by atoms with van der Waals surface area (Å²) < 4.78 is 49.8. The molecule has 0 radical (unpaired) electrons. The van der Waals surface area contributed by atoms with Gasteiger partial charge in [0.15, 0.2) is 0 Å². The number of anilines is 4. The van der Waals surface area contributed by atoms with Crippen LogP contribution in [0.25, 0.3) is 16.5 Å². The maximum Gasteiger partial charge on any atom is 0.296 e. The molecule has 3 heterocycles. The second-order valence-corrected chi connectivity index (χ2v) is 17.3. The van der Waals surface area contributed by atoms with Crippen molar-refractivity contribution in [2.75, 3.05) is 112 Å². The minimum absolute atomic E-state index is 0.230. The smallest absolute Gasteiger partial charge is 0.296 e. The van der Waals surface area contributed by atoms with Gasteiger partial charge in [-0.05, 0) is 111 Å². The molecule has 0 aliphatic carbocycles. The summed E-state index contributed by atoms with van der Waals surface area (Å²) >= 11 is 0.